The van der Waals surface area contributed by atoms with E-state index in [-0.39, 0.29) is 24.8 Å². The Kier molecular flexibility index (Phi) is 10.9. The zero-order valence-electron chi connectivity index (χ0n) is 21.8. The maximum absolute atomic E-state index is 6.02. The van der Waals surface area contributed by atoms with Crippen LogP contribution in [-0.4, -0.2) is 55.2 Å². The second kappa shape index (κ2) is 13.7. The molecule has 198 valence electrons. The molecule has 0 aliphatic carbocycles. The van der Waals surface area contributed by atoms with Gasteiger partial charge in [0.05, 0.1) is 5.69 Å². The van der Waals surface area contributed by atoms with E-state index in [1.54, 1.807) is 0 Å². The fourth-order valence-electron chi connectivity index (χ4n) is 5.79. The monoisotopic (exact) mass is 532 g/mol. The lowest BCUT2D eigenvalue weighted by Gasteiger charge is -2.32. The van der Waals surface area contributed by atoms with Crippen molar-refractivity contribution in [3.05, 3.63) is 59.3 Å². The van der Waals surface area contributed by atoms with E-state index in [1.165, 1.54) is 73.8 Å². The molecule has 0 unspecified atom stereocenters. The lowest BCUT2D eigenvalue weighted by molar-refractivity contribution is 0.172. The van der Waals surface area contributed by atoms with Crippen LogP contribution in [0.2, 0.25) is 0 Å². The Labute approximate surface area is 229 Å². The summed E-state index contributed by atoms with van der Waals surface area (Å²) in [7, 11) is 4.28. The molecule has 0 spiro atoms. The number of rotatable bonds is 8. The maximum atomic E-state index is 6.02. The number of benzene rings is 2. The number of anilines is 1. The Balaban J connectivity index is 0.00000180. The highest BCUT2D eigenvalue weighted by Gasteiger charge is 2.23. The van der Waals surface area contributed by atoms with Crippen LogP contribution in [0, 0.1) is 5.92 Å². The number of halogens is 2. The minimum atomic E-state index is 0. The van der Waals surface area contributed by atoms with E-state index >= 15 is 0 Å². The highest BCUT2D eigenvalue weighted by atomic mass is 35.5. The number of likely N-dealkylation sites (tertiary alicyclic amines) is 1. The molecule has 3 aromatic rings. The summed E-state index contributed by atoms with van der Waals surface area (Å²) in [6, 6.07) is 15.5. The van der Waals surface area contributed by atoms with Crippen molar-refractivity contribution in [1.82, 2.24) is 15.0 Å². The van der Waals surface area contributed by atoms with Crippen LogP contribution in [0.3, 0.4) is 0 Å². The molecular formula is C29H42Cl2N4O. The van der Waals surface area contributed by atoms with Gasteiger partial charge >= 0.3 is 0 Å². The number of piperidine rings is 2. The molecule has 36 heavy (non-hydrogen) atoms. The van der Waals surface area contributed by atoms with Crippen LogP contribution in [0.1, 0.15) is 55.3 Å². The predicted octanol–water partition coefficient (Wildman–Crippen LogP) is 6.57. The van der Waals surface area contributed by atoms with Crippen molar-refractivity contribution in [2.75, 3.05) is 45.2 Å². The van der Waals surface area contributed by atoms with Gasteiger partial charge in [0.2, 0.25) is 0 Å². The number of hydrogen-bond donors (Lipinski definition) is 0. The summed E-state index contributed by atoms with van der Waals surface area (Å²) in [5, 5.41) is 5.80. The molecule has 0 radical (unpaired) electrons. The minimum Gasteiger partial charge on any atom is -0.371 e. The molecule has 2 saturated heterocycles. The fraction of sp³-hybridized carbons (Fsp3) is 0.552. The molecule has 2 aliphatic rings. The molecule has 2 fully saturated rings. The SMILES string of the molecule is CN(C)Cc1c(N2CCCCC2)ccc2c(CCC3CCN(Cc4ccccc4)CC3)noc12.Cl.Cl. The molecule has 5 nitrogen and oxygen atoms in total. The normalized spacial score (nSPS) is 17.2. The third kappa shape index (κ3) is 6.95. The first kappa shape index (κ1) is 28.8. The van der Waals surface area contributed by atoms with Gasteiger partial charge in [-0.3, -0.25) is 4.90 Å². The van der Waals surface area contributed by atoms with Gasteiger partial charge in [0.25, 0.3) is 0 Å². The summed E-state index contributed by atoms with van der Waals surface area (Å²) in [5.41, 5.74) is 6.22. The van der Waals surface area contributed by atoms with Crippen LogP contribution in [0.5, 0.6) is 0 Å². The van der Waals surface area contributed by atoms with Gasteiger partial charge in [-0.15, -0.1) is 24.8 Å². The number of fused-ring (bicyclic) bond motifs is 1. The van der Waals surface area contributed by atoms with Crippen molar-refractivity contribution >= 4 is 41.5 Å². The number of aryl methyl sites for hydroxylation is 1. The molecule has 2 aromatic carbocycles. The number of aromatic nitrogens is 1. The largest absolute Gasteiger partial charge is 0.371 e. The first-order valence-corrected chi connectivity index (χ1v) is 13.2. The molecule has 0 bridgehead atoms. The van der Waals surface area contributed by atoms with E-state index in [9.17, 15) is 0 Å². The lowest BCUT2D eigenvalue weighted by Crippen LogP contribution is -2.33. The van der Waals surface area contributed by atoms with Crippen molar-refractivity contribution in [2.24, 2.45) is 5.92 Å². The molecule has 0 amide bonds. The maximum Gasteiger partial charge on any atom is 0.173 e. The summed E-state index contributed by atoms with van der Waals surface area (Å²) in [6.45, 7) is 6.66. The van der Waals surface area contributed by atoms with Crippen LogP contribution in [-0.2, 0) is 19.5 Å². The van der Waals surface area contributed by atoms with Gasteiger partial charge in [-0.1, -0.05) is 35.5 Å². The fourth-order valence-corrected chi connectivity index (χ4v) is 5.79. The van der Waals surface area contributed by atoms with Crippen molar-refractivity contribution in [1.29, 1.82) is 0 Å². The average Bonchev–Trinajstić information content (AvgIpc) is 3.28. The van der Waals surface area contributed by atoms with E-state index in [0.29, 0.717) is 0 Å². The van der Waals surface area contributed by atoms with Gasteiger partial charge in [0.1, 0.15) is 0 Å². The highest BCUT2D eigenvalue weighted by molar-refractivity contribution is 5.87. The topological polar surface area (TPSA) is 35.8 Å². The Morgan fingerprint density at radius 1 is 0.917 bits per heavy atom. The highest BCUT2D eigenvalue weighted by Crippen LogP contribution is 2.34. The summed E-state index contributed by atoms with van der Waals surface area (Å²) >= 11 is 0. The van der Waals surface area contributed by atoms with Gasteiger partial charge in [0, 0.05) is 42.8 Å². The van der Waals surface area contributed by atoms with Gasteiger partial charge in [-0.2, -0.15) is 0 Å². The summed E-state index contributed by atoms with van der Waals surface area (Å²) in [5.74, 6) is 0.785. The first-order valence-electron chi connectivity index (χ1n) is 13.2. The molecule has 2 aliphatic heterocycles. The van der Waals surface area contributed by atoms with E-state index in [2.05, 4.69) is 76.4 Å². The molecular weight excluding hydrogens is 491 g/mol. The lowest BCUT2D eigenvalue weighted by atomic mass is 9.91. The zero-order chi connectivity index (χ0) is 23.3. The van der Waals surface area contributed by atoms with E-state index in [0.717, 1.165) is 49.8 Å². The van der Waals surface area contributed by atoms with Crippen LogP contribution < -0.4 is 4.90 Å². The Hall–Kier alpha value is -1.79. The molecule has 0 atom stereocenters. The van der Waals surface area contributed by atoms with E-state index in [4.69, 9.17) is 4.52 Å². The van der Waals surface area contributed by atoms with Crippen molar-refractivity contribution in [3.63, 3.8) is 0 Å². The number of nitrogens with zero attached hydrogens (tertiary/aromatic N) is 4. The van der Waals surface area contributed by atoms with E-state index < -0.39 is 0 Å². The van der Waals surface area contributed by atoms with Crippen LogP contribution in [0.25, 0.3) is 11.0 Å². The second-order valence-electron chi connectivity index (χ2n) is 10.6. The van der Waals surface area contributed by atoms with Crippen molar-refractivity contribution < 1.29 is 4.52 Å². The van der Waals surface area contributed by atoms with Crippen molar-refractivity contribution in [3.8, 4) is 0 Å². The quantitative estimate of drug-likeness (QED) is 0.327. The first-order chi connectivity index (χ1) is 16.7. The van der Waals surface area contributed by atoms with Gasteiger partial charge < -0.3 is 14.3 Å². The average molecular weight is 534 g/mol. The molecule has 3 heterocycles. The third-order valence-corrected chi connectivity index (χ3v) is 7.71. The van der Waals surface area contributed by atoms with Crippen LogP contribution in [0.4, 0.5) is 5.69 Å². The molecule has 1 aromatic heterocycles. The standard InChI is InChI=1S/C29H40N4O.2ClH/c1-31(2)22-26-28(33-17-7-4-8-18-33)14-12-25-27(30-34-29(25)26)13-11-23-15-19-32(20-16-23)21-24-9-5-3-6-10-24;;/h3,5-6,9-10,12,14,23H,4,7-8,11,13,15-22H2,1-2H3;2*1H. The van der Waals surface area contributed by atoms with E-state index in [1.807, 2.05) is 0 Å². The Bertz CT molecular complexity index is 1060. The smallest absolute Gasteiger partial charge is 0.173 e. The molecule has 7 heteroatoms. The second-order valence-corrected chi connectivity index (χ2v) is 10.6. The van der Waals surface area contributed by atoms with Crippen LogP contribution in [0.15, 0.2) is 47.0 Å². The third-order valence-electron chi connectivity index (χ3n) is 7.71. The van der Waals surface area contributed by atoms with Gasteiger partial charge in [0.15, 0.2) is 5.58 Å². The number of hydrogen-bond acceptors (Lipinski definition) is 5. The zero-order valence-corrected chi connectivity index (χ0v) is 23.5. The van der Waals surface area contributed by atoms with Gasteiger partial charge in [-0.25, -0.2) is 0 Å². The van der Waals surface area contributed by atoms with Crippen LogP contribution >= 0.6 is 24.8 Å². The van der Waals surface area contributed by atoms with Gasteiger partial charge in [-0.05, 0) is 95.7 Å². The molecule has 5 rings (SSSR count). The minimum absolute atomic E-state index is 0. The summed E-state index contributed by atoms with van der Waals surface area (Å²) < 4.78 is 6.02. The Morgan fingerprint density at radius 3 is 2.33 bits per heavy atom. The van der Waals surface area contributed by atoms with Crippen molar-refractivity contribution in [2.45, 2.75) is 58.0 Å². The Morgan fingerprint density at radius 2 is 1.64 bits per heavy atom. The molecule has 0 N–H and O–H groups in total. The predicted molar refractivity (Wildman–Crippen MR) is 155 cm³/mol. The summed E-state index contributed by atoms with van der Waals surface area (Å²) in [4.78, 5) is 7.40. The molecule has 0 saturated carbocycles. The summed E-state index contributed by atoms with van der Waals surface area (Å²) in [6.07, 6.45) is 8.70.